The highest BCUT2D eigenvalue weighted by molar-refractivity contribution is 7.14. The van der Waals surface area contributed by atoms with Gasteiger partial charge in [-0.15, -0.1) is 21.5 Å². The number of hydrogen-bond acceptors (Lipinski definition) is 5. The van der Waals surface area contributed by atoms with Crippen LogP contribution in [0.5, 0.6) is 0 Å². The van der Waals surface area contributed by atoms with E-state index in [4.69, 9.17) is 16.0 Å². The van der Waals surface area contributed by atoms with Crippen LogP contribution in [0.2, 0.25) is 5.02 Å². The van der Waals surface area contributed by atoms with Crippen LogP contribution in [0, 0.1) is 5.92 Å². The van der Waals surface area contributed by atoms with Crippen molar-refractivity contribution in [1.82, 2.24) is 15.1 Å². The molecule has 0 spiro atoms. The quantitative estimate of drug-likeness (QED) is 0.509. The molecule has 0 saturated heterocycles. The molecule has 2 heterocycles. The van der Waals surface area contributed by atoms with Crippen LogP contribution in [-0.4, -0.2) is 27.5 Å². The fraction of sp³-hybridized carbons (Fsp3) is 0.409. The molecule has 1 unspecified atom stereocenters. The molecule has 0 radical (unpaired) electrons. The molecule has 0 bridgehead atoms. The van der Waals surface area contributed by atoms with Crippen molar-refractivity contribution in [1.29, 1.82) is 0 Å². The third kappa shape index (κ3) is 4.38. The van der Waals surface area contributed by atoms with Gasteiger partial charge in [-0.1, -0.05) is 37.6 Å². The molecule has 4 rings (SSSR count). The van der Waals surface area contributed by atoms with E-state index in [2.05, 4.69) is 30.1 Å². The highest BCUT2D eigenvalue weighted by Crippen LogP contribution is 2.33. The Kier molecular flexibility index (Phi) is 6.01. The van der Waals surface area contributed by atoms with Gasteiger partial charge in [-0.25, -0.2) is 0 Å². The van der Waals surface area contributed by atoms with Gasteiger partial charge in [-0.05, 0) is 55.4 Å². The first-order valence-corrected chi connectivity index (χ1v) is 11.2. The fourth-order valence-corrected chi connectivity index (χ4v) is 5.11. The van der Waals surface area contributed by atoms with E-state index in [1.54, 1.807) is 22.3 Å². The Balaban J connectivity index is 1.53. The molecule has 1 aliphatic rings. The fourth-order valence-electron chi connectivity index (χ4n) is 3.71. The van der Waals surface area contributed by atoms with E-state index in [1.165, 1.54) is 16.9 Å². The van der Waals surface area contributed by atoms with Crippen molar-refractivity contribution >= 4 is 28.8 Å². The predicted octanol–water partition coefficient (Wildman–Crippen LogP) is 5.63. The van der Waals surface area contributed by atoms with Crippen LogP contribution in [-0.2, 0) is 19.4 Å². The minimum Gasteiger partial charge on any atom is -0.419 e. The molecule has 152 valence electrons. The number of benzene rings is 1. The summed E-state index contributed by atoms with van der Waals surface area (Å²) >= 11 is 7.86. The van der Waals surface area contributed by atoms with Gasteiger partial charge >= 0.3 is 0 Å². The van der Waals surface area contributed by atoms with Crippen molar-refractivity contribution in [3.63, 3.8) is 0 Å². The number of aryl methyl sites for hydroxylation is 1. The van der Waals surface area contributed by atoms with E-state index >= 15 is 0 Å². The molecule has 1 aromatic carbocycles. The van der Waals surface area contributed by atoms with E-state index in [0.29, 0.717) is 41.4 Å². The zero-order chi connectivity index (χ0) is 20.4. The van der Waals surface area contributed by atoms with Gasteiger partial charge in [0.15, 0.2) is 0 Å². The van der Waals surface area contributed by atoms with Crippen LogP contribution in [0.25, 0.3) is 11.5 Å². The lowest BCUT2D eigenvalue weighted by atomic mass is 9.90. The lowest BCUT2D eigenvalue weighted by Crippen LogP contribution is -2.30. The molecule has 5 nitrogen and oxygen atoms in total. The number of thiophene rings is 1. The number of carbonyl (C=O) groups is 1. The number of aromatic nitrogens is 2. The number of fused-ring (bicyclic) bond motifs is 1. The van der Waals surface area contributed by atoms with E-state index in [-0.39, 0.29) is 5.91 Å². The summed E-state index contributed by atoms with van der Waals surface area (Å²) in [4.78, 5) is 17.2. The third-order valence-corrected chi connectivity index (χ3v) is 6.77. The minimum absolute atomic E-state index is 0.0383. The summed E-state index contributed by atoms with van der Waals surface area (Å²) in [5, 5.41) is 8.82. The Hall–Kier alpha value is -2.18. The maximum absolute atomic E-state index is 13.2. The maximum Gasteiger partial charge on any atom is 0.264 e. The van der Waals surface area contributed by atoms with Crippen LogP contribution in [0.4, 0.5) is 0 Å². The zero-order valence-electron chi connectivity index (χ0n) is 16.7. The van der Waals surface area contributed by atoms with E-state index in [1.807, 2.05) is 18.2 Å². The van der Waals surface area contributed by atoms with Crippen LogP contribution >= 0.6 is 22.9 Å². The van der Waals surface area contributed by atoms with E-state index in [0.717, 1.165) is 24.1 Å². The molecule has 0 aliphatic heterocycles. The SMILES string of the molecule is CCCN(Cc1nnc(-c2ccccc2Cl)o1)C(=O)c1cc2c(s1)CCC(C)C2. The van der Waals surface area contributed by atoms with Gasteiger partial charge in [-0.3, -0.25) is 4.79 Å². The van der Waals surface area contributed by atoms with Crippen LogP contribution in [0.1, 0.15) is 52.7 Å². The van der Waals surface area contributed by atoms with Gasteiger partial charge in [0.2, 0.25) is 11.8 Å². The molecule has 7 heteroatoms. The van der Waals surface area contributed by atoms with Crippen molar-refractivity contribution in [3.05, 3.63) is 56.6 Å². The lowest BCUT2D eigenvalue weighted by Gasteiger charge is -2.19. The van der Waals surface area contributed by atoms with Gasteiger partial charge < -0.3 is 9.32 Å². The van der Waals surface area contributed by atoms with Crippen LogP contribution < -0.4 is 0 Å². The number of hydrogen-bond donors (Lipinski definition) is 0. The van der Waals surface area contributed by atoms with Crippen LogP contribution in [0.3, 0.4) is 0 Å². The lowest BCUT2D eigenvalue weighted by molar-refractivity contribution is 0.0733. The maximum atomic E-state index is 13.2. The highest BCUT2D eigenvalue weighted by atomic mass is 35.5. The Morgan fingerprint density at radius 1 is 1.34 bits per heavy atom. The Bertz CT molecular complexity index is 1010. The van der Waals surface area contributed by atoms with Crippen LogP contribution in [0.15, 0.2) is 34.7 Å². The number of carbonyl (C=O) groups excluding carboxylic acids is 1. The summed E-state index contributed by atoms with van der Waals surface area (Å²) in [6.07, 6.45) is 4.21. The Labute approximate surface area is 179 Å². The smallest absolute Gasteiger partial charge is 0.264 e. The number of amides is 1. The molecule has 3 aromatic rings. The van der Waals surface area contributed by atoms with Crippen molar-refractivity contribution in [2.45, 2.75) is 46.1 Å². The molecule has 0 fully saturated rings. The molecule has 29 heavy (non-hydrogen) atoms. The molecule has 1 amide bonds. The normalized spacial score (nSPS) is 15.9. The average molecular weight is 430 g/mol. The van der Waals surface area contributed by atoms with Gasteiger partial charge in [0, 0.05) is 11.4 Å². The summed E-state index contributed by atoms with van der Waals surface area (Å²) in [5.74, 6) is 1.51. The monoisotopic (exact) mass is 429 g/mol. The Morgan fingerprint density at radius 2 is 2.17 bits per heavy atom. The van der Waals surface area contributed by atoms with Gasteiger partial charge in [-0.2, -0.15) is 0 Å². The highest BCUT2D eigenvalue weighted by Gasteiger charge is 2.24. The number of rotatable bonds is 6. The summed E-state index contributed by atoms with van der Waals surface area (Å²) in [6, 6.07) is 9.44. The molecule has 0 saturated carbocycles. The minimum atomic E-state index is 0.0383. The number of nitrogens with zero attached hydrogens (tertiary/aromatic N) is 3. The Morgan fingerprint density at radius 3 is 2.97 bits per heavy atom. The summed E-state index contributed by atoms with van der Waals surface area (Å²) in [5.41, 5.74) is 2.04. The first-order chi connectivity index (χ1) is 14.0. The average Bonchev–Trinajstić information content (AvgIpc) is 3.34. The summed E-state index contributed by atoms with van der Waals surface area (Å²) in [6.45, 7) is 5.27. The predicted molar refractivity (Wildman–Crippen MR) is 115 cm³/mol. The van der Waals surface area contributed by atoms with Gasteiger partial charge in [0.05, 0.1) is 22.0 Å². The molecular weight excluding hydrogens is 406 g/mol. The first-order valence-electron chi connectivity index (χ1n) is 10.0. The van der Waals surface area contributed by atoms with Gasteiger partial charge in [0.25, 0.3) is 5.91 Å². The van der Waals surface area contributed by atoms with Crippen molar-refractivity contribution in [2.75, 3.05) is 6.54 Å². The second-order valence-electron chi connectivity index (χ2n) is 7.61. The topological polar surface area (TPSA) is 59.2 Å². The first kappa shape index (κ1) is 20.1. The van der Waals surface area contributed by atoms with Gasteiger partial charge in [0.1, 0.15) is 0 Å². The molecular formula is C22H24ClN3O2S. The van der Waals surface area contributed by atoms with Crippen molar-refractivity contribution in [3.8, 4) is 11.5 Å². The molecule has 1 aliphatic carbocycles. The largest absolute Gasteiger partial charge is 0.419 e. The standard InChI is InChI=1S/C22H24ClN3O2S/c1-3-10-26(22(27)19-12-15-11-14(2)8-9-18(15)29-19)13-20-24-25-21(28-20)16-6-4-5-7-17(16)23/h4-7,12,14H,3,8-11,13H2,1-2H3. The number of halogens is 1. The van der Waals surface area contributed by atoms with Crippen molar-refractivity contribution < 1.29 is 9.21 Å². The summed E-state index contributed by atoms with van der Waals surface area (Å²) < 4.78 is 5.81. The molecule has 1 atom stereocenters. The van der Waals surface area contributed by atoms with E-state index in [9.17, 15) is 4.79 Å². The van der Waals surface area contributed by atoms with Crippen molar-refractivity contribution in [2.24, 2.45) is 5.92 Å². The zero-order valence-corrected chi connectivity index (χ0v) is 18.2. The summed E-state index contributed by atoms with van der Waals surface area (Å²) in [7, 11) is 0. The molecule has 2 aromatic heterocycles. The molecule has 0 N–H and O–H groups in total. The third-order valence-electron chi connectivity index (χ3n) is 5.22. The second kappa shape index (κ2) is 8.67. The second-order valence-corrected chi connectivity index (χ2v) is 9.16. The van der Waals surface area contributed by atoms with E-state index < -0.39 is 0 Å².